The quantitative estimate of drug-likeness (QED) is 0.402. The van der Waals surface area contributed by atoms with E-state index in [1.54, 1.807) is 54.6 Å². The summed E-state index contributed by atoms with van der Waals surface area (Å²) >= 11 is 3.36. The van der Waals surface area contributed by atoms with E-state index in [1.807, 2.05) is 0 Å². The number of benzene rings is 2. The molecule has 3 rings (SSSR count). The number of aliphatic hydroxyl groups is 1. The van der Waals surface area contributed by atoms with Crippen LogP contribution in [0.3, 0.4) is 0 Å². The summed E-state index contributed by atoms with van der Waals surface area (Å²) in [4.78, 5) is 37.6. The van der Waals surface area contributed by atoms with E-state index in [9.17, 15) is 19.5 Å². The molecule has 7 heteroatoms. The van der Waals surface area contributed by atoms with Crippen LogP contribution in [0.5, 0.6) is 0 Å². The van der Waals surface area contributed by atoms with Crippen LogP contribution in [0.1, 0.15) is 30.0 Å². The molecule has 1 aliphatic rings. The highest BCUT2D eigenvalue weighted by molar-refractivity contribution is 9.10. The van der Waals surface area contributed by atoms with Gasteiger partial charge < -0.3 is 15.1 Å². The lowest BCUT2D eigenvalue weighted by Gasteiger charge is -2.25. The number of likely N-dealkylation sites (tertiary alicyclic amines) is 1. The summed E-state index contributed by atoms with van der Waals surface area (Å²) in [7, 11) is 0. The molecule has 2 aromatic rings. The lowest BCUT2D eigenvalue weighted by molar-refractivity contribution is -0.140. The molecule has 0 aromatic heterocycles. The topological polar surface area (TPSA) is 94.9 Å². The number of rotatable bonds is 6. The van der Waals surface area contributed by atoms with Crippen molar-refractivity contribution in [2.24, 2.45) is 0 Å². The molecule has 1 amide bonds. The summed E-state index contributed by atoms with van der Waals surface area (Å²) < 4.78 is 0.835. The Hall–Kier alpha value is -2.93. The maximum absolute atomic E-state index is 12.7. The first-order chi connectivity index (χ1) is 13.4. The van der Waals surface area contributed by atoms with Gasteiger partial charge in [0.05, 0.1) is 11.6 Å². The number of carboxylic acids is 1. The van der Waals surface area contributed by atoms with Gasteiger partial charge in [-0.25, -0.2) is 0 Å². The third-order valence-corrected chi connectivity index (χ3v) is 5.09. The van der Waals surface area contributed by atoms with Crippen molar-refractivity contribution in [3.8, 4) is 0 Å². The van der Waals surface area contributed by atoms with Crippen molar-refractivity contribution in [1.82, 2.24) is 4.90 Å². The van der Waals surface area contributed by atoms with Gasteiger partial charge in [-0.3, -0.25) is 14.4 Å². The van der Waals surface area contributed by atoms with Gasteiger partial charge >= 0.3 is 5.97 Å². The zero-order chi connectivity index (χ0) is 20.3. The molecule has 1 atom stereocenters. The van der Waals surface area contributed by atoms with Crippen molar-refractivity contribution in [2.75, 3.05) is 6.54 Å². The van der Waals surface area contributed by atoms with E-state index in [0.29, 0.717) is 11.1 Å². The van der Waals surface area contributed by atoms with Crippen LogP contribution in [0.2, 0.25) is 0 Å². The average molecular weight is 444 g/mol. The molecule has 28 heavy (non-hydrogen) atoms. The third kappa shape index (κ3) is 3.99. The van der Waals surface area contributed by atoms with Crippen LogP contribution in [0, 0.1) is 0 Å². The first kappa shape index (κ1) is 19.8. The van der Waals surface area contributed by atoms with Crippen LogP contribution < -0.4 is 0 Å². The molecule has 1 saturated heterocycles. The van der Waals surface area contributed by atoms with Crippen molar-refractivity contribution in [3.63, 3.8) is 0 Å². The minimum absolute atomic E-state index is 0.00819. The van der Waals surface area contributed by atoms with Crippen molar-refractivity contribution < 1.29 is 24.6 Å². The van der Waals surface area contributed by atoms with Gasteiger partial charge in [0, 0.05) is 23.0 Å². The summed E-state index contributed by atoms with van der Waals surface area (Å²) in [5.41, 5.74) is 1.11. The molecule has 1 aliphatic heterocycles. The number of carbonyl (C=O) groups is 3. The highest BCUT2D eigenvalue weighted by Crippen LogP contribution is 2.39. The van der Waals surface area contributed by atoms with Gasteiger partial charge in [0.25, 0.3) is 11.7 Å². The van der Waals surface area contributed by atoms with E-state index in [-0.39, 0.29) is 30.7 Å². The van der Waals surface area contributed by atoms with Crippen LogP contribution in [-0.2, 0) is 14.4 Å². The van der Waals surface area contributed by atoms with E-state index in [0.717, 1.165) is 4.47 Å². The molecule has 0 aliphatic carbocycles. The van der Waals surface area contributed by atoms with Crippen molar-refractivity contribution in [3.05, 3.63) is 75.8 Å². The Bertz CT molecular complexity index is 937. The Labute approximate surface area is 170 Å². The van der Waals surface area contributed by atoms with E-state index in [4.69, 9.17) is 5.11 Å². The maximum Gasteiger partial charge on any atom is 0.303 e. The van der Waals surface area contributed by atoms with Gasteiger partial charge in [-0.1, -0.05) is 58.4 Å². The van der Waals surface area contributed by atoms with Crippen LogP contribution in [0.15, 0.2) is 64.6 Å². The van der Waals surface area contributed by atoms with Crippen LogP contribution in [0.25, 0.3) is 5.76 Å². The molecule has 0 bridgehead atoms. The summed E-state index contributed by atoms with van der Waals surface area (Å²) in [6.45, 7) is 0.100. The zero-order valence-electron chi connectivity index (χ0n) is 14.8. The normalized spacial score (nSPS) is 18.5. The average Bonchev–Trinajstić information content (AvgIpc) is 2.93. The van der Waals surface area contributed by atoms with Gasteiger partial charge in [0.2, 0.25) is 0 Å². The Morgan fingerprint density at radius 3 is 2.25 bits per heavy atom. The van der Waals surface area contributed by atoms with Crippen LogP contribution in [0.4, 0.5) is 0 Å². The largest absolute Gasteiger partial charge is 0.507 e. The number of ketones is 1. The lowest BCUT2D eigenvalue weighted by atomic mass is 9.95. The summed E-state index contributed by atoms with van der Waals surface area (Å²) in [5.74, 6) is -2.73. The molecule has 2 aromatic carbocycles. The molecule has 0 radical (unpaired) electrons. The molecule has 144 valence electrons. The Kier molecular flexibility index (Phi) is 5.94. The standard InChI is InChI=1S/C21H18BrNO5/c22-15-10-8-13(9-11-15)18-17(19(26)14-5-2-1-3-6-14)20(27)21(28)23(18)12-4-7-16(24)25/h1-3,5-6,8-11,18,26H,4,7,12H2,(H,24,25)/t18-/m1/s1. The van der Waals surface area contributed by atoms with Gasteiger partial charge in [-0.15, -0.1) is 0 Å². The minimum atomic E-state index is -0.971. The number of carboxylic acid groups (broad SMARTS) is 1. The molecular formula is C21H18BrNO5. The summed E-state index contributed by atoms with van der Waals surface area (Å²) in [6.07, 6.45) is 0.0928. The molecule has 1 heterocycles. The number of hydrogen-bond acceptors (Lipinski definition) is 4. The first-order valence-electron chi connectivity index (χ1n) is 8.71. The van der Waals surface area contributed by atoms with Gasteiger partial charge in [0.1, 0.15) is 5.76 Å². The second-order valence-corrected chi connectivity index (χ2v) is 7.32. The van der Waals surface area contributed by atoms with E-state index in [1.165, 1.54) is 4.90 Å². The zero-order valence-corrected chi connectivity index (χ0v) is 16.4. The molecular weight excluding hydrogens is 426 g/mol. The molecule has 6 nitrogen and oxygen atoms in total. The molecule has 0 saturated carbocycles. The Balaban J connectivity index is 2.08. The monoisotopic (exact) mass is 443 g/mol. The fourth-order valence-corrected chi connectivity index (χ4v) is 3.52. The molecule has 0 spiro atoms. The van der Waals surface area contributed by atoms with Crippen molar-refractivity contribution in [2.45, 2.75) is 18.9 Å². The minimum Gasteiger partial charge on any atom is -0.507 e. The number of Topliss-reactive ketones (excluding diaryl/α,β-unsaturated/α-hetero) is 1. The van der Waals surface area contributed by atoms with Crippen molar-refractivity contribution >= 4 is 39.3 Å². The Morgan fingerprint density at radius 1 is 1.00 bits per heavy atom. The predicted molar refractivity (Wildman–Crippen MR) is 106 cm³/mol. The SMILES string of the molecule is O=C(O)CCCN1C(=O)C(=O)C(=C(O)c2ccccc2)[C@H]1c1ccc(Br)cc1. The summed E-state index contributed by atoms with van der Waals surface area (Å²) in [5, 5.41) is 19.7. The second kappa shape index (κ2) is 8.39. The van der Waals surface area contributed by atoms with E-state index in [2.05, 4.69) is 15.9 Å². The van der Waals surface area contributed by atoms with E-state index >= 15 is 0 Å². The molecule has 2 N–H and O–H groups in total. The van der Waals surface area contributed by atoms with Crippen LogP contribution in [-0.4, -0.2) is 39.3 Å². The number of carbonyl (C=O) groups excluding carboxylic acids is 2. The third-order valence-electron chi connectivity index (χ3n) is 4.56. The fourth-order valence-electron chi connectivity index (χ4n) is 3.25. The van der Waals surface area contributed by atoms with Crippen molar-refractivity contribution in [1.29, 1.82) is 0 Å². The number of hydrogen-bond donors (Lipinski definition) is 2. The lowest BCUT2D eigenvalue weighted by Crippen LogP contribution is -2.31. The smallest absolute Gasteiger partial charge is 0.303 e. The molecule has 0 unspecified atom stereocenters. The number of amides is 1. The highest BCUT2D eigenvalue weighted by Gasteiger charge is 2.45. The number of nitrogens with zero attached hydrogens (tertiary/aromatic N) is 1. The number of halogens is 1. The highest BCUT2D eigenvalue weighted by atomic mass is 79.9. The second-order valence-electron chi connectivity index (χ2n) is 6.41. The maximum atomic E-state index is 12.7. The molecule has 1 fully saturated rings. The number of aliphatic hydroxyl groups excluding tert-OH is 1. The summed E-state index contributed by atoms with van der Waals surface area (Å²) in [6, 6.07) is 14.9. The van der Waals surface area contributed by atoms with Gasteiger partial charge in [0.15, 0.2) is 0 Å². The van der Waals surface area contributed by atoms with E-state index < -0.39 is 23.7 Å². The fraction of sp³-hybridized carbons (Fsp3) is 0.190. The van der Waals surface area contributed by atoms with Gasteiger partial charge in [-0.05, 0) is 24.1 Å². The first-order valence-corrected chi connectivity index (χ1v) is 9.50. The predicted octanol–water partition coefficient (Wildman–Crippen LogP) is 3.74. The number of aliphatic carboxylic acids is 1. The Morgan fingerprint density at radius 2 is 1.64 bits per heavy atom. The van der Waals surface area contributed by atoms with Gasteiger partial charge in [-0.2, -0.15) is 0 Å². The van der Waals surface area contributed by atoms with Crippen LogP contribution >= 0.6 is 15.9 Å².